The monoisotopic (exact) mass is 324 g/mol. The summed E-state index contributed by atoms with van der Waals surface area (Å²) in [5.74, 6) is -0.420. The normalized spacial score (nSPS) is 11.7. The molecular formula is C14H13ClN2O3S. The van der Waals surface area contributed by atoms with Gasteiger partial charge in [-0.1, -0.05) is 11.6 Å². The van der Waals surface area contributed by atoms with Crippen LogP contribution in [-0.4, -0.2) is 17.9 Å². The minimum Gasteiger partial charge on any atom is -0.481 e. The second-order valence-electron chi connectivity index (χ2n) is 4.23. The number of nitrogens with one attached hydrogen (secondary N) is 1. The van der Waals surface area contributed by atoms with Crippen molar-refractivity contribution in [3.63, 3.8) is 0 Å². The molecule has 0 aliphatic carbocycles. The Bertz CT molecular complexity index is 654. The van der Waals surface area contributed by atoms with Gasteiger partial charge < -0.3 is 15.8 Å². The van der Waals surface area contributed by atoms with Gasteiger partial charge in [0.15, 0.2) is 6.10 Å². The van der Waals surface area contributed by atoms with Crippen molar-refractivity contribution in [1.29, 1.82) is 0 Å². The molecule has 110 valence electrons. The van der Waals surface area contributed by atoms with Gasteiger partial charge in [-0.15, -0.1) is 11.3 Å². The number of halogens is 1. The lowest BCUT2D eigenvalue weighted by molar-refractivity contribution is -0.122. The number of amides is 2. The molecule has 2 rings (SSSR count). The standard InChI is InChI=1S/C14H13ClN2O3S/c1-8(20-10-4-2-9(15)3-5-10)13(19)17-14-11(12(16)18)6-7-21-14/h2-8H,1H3,(H2,16,18)(H,17,19)/t8-/m0/s1. The number of nitrogens with two attached hydrogens (primary N) is 1. The zero-order valence-corrected chi connectivity index (χ0v) is 12.7. The highest BCUT2D eigenvalue weighted by molar-refractivity contribution is 7.14. The van der Waals surface area contributed by atoms with Crippen LogP contribution in [0.4, 0.5) is 5.00 Å². The van der Waals surface area contributed by atoms with Gasteiger partial charge in [0.25, 0.3) is 11.8 Å². The largest absolute Gasteiger partial charge is 0.481 e. The summed E-state index contributed by atoms with van der Waals surface area (Å²) in [5.41, 5.74) is 5.51. The molecule has 0 unspecified atom stereocenters. The molecule has 0 spiro atoms. The third-order valence-electron chi connectivity index (χ3n) is 2.66. The molecule has 0 radical (unpaired) electrons. The van der Waals surface area contributed by atoms with Gasteiger partial charge in [0, 0.05) is 5.02 Å². The summed E-state index contributed by atoms with van der Waals surface area (Å²) in [4.78, 5) is 23.2. The molecule has 0 aliphatic rings. The fourth-order valence-corrected chi connectivity index (χ4v) is 2.51. The SMILES string of the molecule is C[C@H](Oc1ccc(Cl)cc1)C(=O)Nc1sccc1C(N)=O. The predicted octanol–water partition coefficient (Wildman–Crippen LogP) is 2.91. The molecule has 1 aromatic heterocycles. The van der Waals surface area contributed by atoms with E-state index in [9.17, 15) is 9.59 Å². The Morgan fingerprint density at radius 2 is 1.95 bits per heavy atom. The van der Waals surface area contributed by atoms with Gasteiger partial charge in [-0.05, 0) is 42.6 Å². The lowest BCUT2D eigenvalue weighted by Gasteiger charge is -2.14. The summed E-state index contributed by atoms with van der Waals surface area (Å²) < 4.78 is 5.50. The van der Waals surface area contributed by atoms with Crippen molar-refractivity contribution in [2.24, 2.45) is 5.73 Å². The molecule has 1 heterocycles. The number of thiophene rings is 1. The van der Waals surface area contributed by atoms with Crippen LogP contribution in [0.25, 0.3) is 0 Å². The highest BCUT2D eigenvalue weighted by Gasteiger charge is 2.18. The maximum Gasteiger partial charge on any atom is 0.265 e. The van der Waals surface area contributed by atoms with Crippen LogP contribution in [0.1, 0.15) is 17.3 Å². The second kappa shape index (κ2) is 6.60. The third kappa shape index (κ3) is 3.96. The highest BCUT2D eigenvalue weighted by Crippen LogP contribution is 2.23. The third-order valence-corrected chi connectivity index (χ3v) is 3.74. The first-order chi connectivity index (χ1) is 9.97. The number of hydrogen-bond donors (Lipinski definition) is 2. The van der Waals surface area contributed by atoms with Crippen LogP contribution in [0.15, 0.2) is 35.7 Å². The van der Waals surface area contributed by atoms with Crippen molar-refractivity contribution in [2.75, 3.05) is 5.32 Å². The van der Waals surface area contributed by atoms with Crippen LogP contribution in [-0.2, 0) is 4.79 Å². The zero-order chi connectivity index (χ0) is 15.4. The number of carbonyl (C=O) groups is 2. The van der Waals surface area contributed by atoms with Crippen molar-refractivity contribution in [3.8, 4) is 5.75 Å². The van der Waals surface area contributed by atoms with Crippen LogP contribution in [0.5, 0.6) is 5.75 Å². The van der Waals surface area contributed by atoms with Gasteiger partial charge in [-0.3, -0.25) is 9.59 Å². The number of carbonyl (C=O) groups excluding carboxylic acids is 2. The molecule has 21 heavy (non-hydrogen) atoms. The van der Waals surface area contributed by atoms with E-state index in [1.54, 1.807) is 42.6 Å². The lowest BCUT2D eigenvalue weighted by atomic mass is 10.3. The van der Waals surface area contributed by atoms with E-state index in [2.05, 4.69) is 5.32 Å². The smallest absolute Gasteiger partial charge is 0.265 e. The van der Waals surface area contributed by atoms with Crippen molar-refractivity contribution >= 4 is 39.8 Å². The molecule has 0 aliphatic heterocycles. The van der Waals surface area contributed by atoms with Gasteiger partial charge in [0.05, 0.1) is 5.56 Å². The first-order valence-electron chi connectivity index (χ1n) is 6.07. The molecule has 0 saturated carbocycles. The summed E-state index contributed by atoms with van der Waals surface area (Å²) in [6, 6.07) is 8.25. The molecule has 1 atom stereocenters. The molecule has 3 N–H and O–H groups in total. The first-order valence-corrected chi connectivity index (χ1v) is 7.33. The van der Waals surface area contributed by atoms with Crippen molar-refractivity contribution in [2.45, 2.75) is 13.0 Å². The van der Waals surface area contributed by atoms with E-state index < -0.39 is 12.0 Å². The molecule has 5 nitrogen and oxygen atoms in total. The fourth-order valence-electron chi connectivity index (χ4n) is 1.58. The quantitative estimate of drug-likeness (QED) is 0.887. The van der Waals surface area contributed by atoms with Crippen LogP contribution >= 0.6 is 22.9 Å². The van der Waals surface area contributed by atoms with Gasteiger partial charge in [0.2, 0.25) is 0 Å². The number of primary amides is 1. The predicted molar refractivity (Wildman–Crippen MR) is 83.0 cm³/mol. The number of ether oxygens (including phenoxy) is 1. The maximum atomic E-state index is 12.0. The summed E-state index contributed by atoms with van der Waals surface area (Å²) in [6.07, 6.45) is -0.728. The summed E-state index contributed by atoms with van der Waals surface area (Å²) in [6.45, 7) is 1.61. The van der Waals surface area contributed by atoms with E-state index in [1.807, 2.05) is 0 Å². The Morgan fingerprint density at radius 3 is 2.57 bits per heavy atom. The van der Waals surface area contributed by atoms with E-state index >= 15 is 0 Å². The van der Waals surface area contributed by atoms with Gasteiger partial charge in [-0.25, -0.2) is 0 Å². The van der Waals surface area contributed by atoms with E-state index in [1.165, 1.54) is 11.3 Å². The fraction of sp³-hybridized carbons (Fsp3) is 0.143. The van der Waals surface area contributed by atoms with E-state index in [0.717, 1.165) is 0 Å². The Morgan fingerprint density at radius 1 is 1.29 bits per heavy atom. The Kier molecular flexibility index (Phi) is 4.82. The van der Waals surface area contributed by atoms with Crippen LogP contribution in [0.3, 0.4) is 0 Å². The minimum absolute atomic E-state index is 0.284. The average Bonchev–Trinajstić information content (AvgIpc) is 2.89. The highest BCUT2D eigenvalue weighted by atomic mass is 35.5. The topological polar surface area (TPSA) is 81.4 Å². The first kappa shape index (κ1) is 15.3. The molecule has 2 aromatic rings. The van der Waals surface area contributed by atoms with Crippen molar-refractivity contribution in [3.05, 3.63) is 46.3 Å². The summed E-state index contributed by atoms with van der Waals surface area (Å²) in [7, 11) is 0. The molecule has 0 saturated heterocycles. The molecule has 0 fully saturated rings. The lowest BCUT2D eigenvalue weighted by Crippen LogP contribution is -2.30. The van der Waals surface area contributed by atoms with E-state index in [-0.39, 0.29) is 11.5 Å². The molecular weight excluding hydrogens is 312 g/mol. The molecule has 7 heteroatoms. The molecule has 0 bridgehead atoms. The van der Waals surface area contributed by atoms with Crippen LogP contribution in [0, 0.1) is 0 Å². The second-order valence-corrected chi connectivity index (χ2v) is 5.58. The van der Waals surface area contributed by atoms with E-state index in [4.69, 9.17) is 22.1 Å². The summed E-state index contributed by atoms with van der Waals surface area (Å²) >= 11 is 7.00. The molecule has 1 aromatic carbocycles. The van der Waals surface area contributed by atoms with E-state index in [0.29, 0.717) is 15.8 Å². The summed E-state index contributed by atoms with van der Waals surface area (Å²) in [5, 5.41) is 5.31. The number of anilines is 1. The van der Waals surface area contributed by atoms with Gasteiger partial charge in [0.1, 0.15) is 10.8 Å². The zero-order valence-electron chi connectivity index (χ0n) is 11.1. The Hall–Kier alpha value is -2.05. The maximum absolute atomic E-state index is 12.0. The number of rotatable bonds is 5. The van der Waals surface area contributed by atoms with Gasteiger partial charge in [-0.2, -0.15) is 0 Å². The Balaban J connectivity index is 2.01. The number of benzene rings is 1. The van der Waals surface area contributed by atoms with Crippen LogP contribution in [0.2, 0.25) is 5.02 Å². The minimum atomic E-state index is -0.728. The van der Waals surface area contributed by atoms with Crippen molar-refractivity contribution < 1.29 is 14.3 Å². The van der Waals surface area contributed by atoms with Crippen LogP contribution < -0.4 is 15.8 Å². The average molecular weight is 325 g/mol. The van der Waals surface area contributed by atoms with Crippen molar-refractivity contribution in [1.82, 2.24) is 0 Å². The Labute approximate surface area is 130 Å². The number of hydrogen-bond acceptors (Lipinski definition) is 4. The molecule has 2 amide bonds. The van der Waals surface area contributed by atoms with Gasteiger partial charge >= 0.3 is 0 Å².